The van der Waals surface area contributed by atoms with E-state index in [4.69, 9.17) is 19.9 Å². The molecule has 4 aromatic heterocycles. The van der Waals surface area contributed by atoms with Crippen LogP contribution in [-0.2, 0) is 28.8 Å². The van der Waals surface area contributed by atoms with Crippen molar-refractivity contribution < 1.29 is 37.1 Å². The van der Waals surface area contributed by atoms with Crippen molar-refractivity contribution in [3.63, 3.8) is 0 Å². The maximum Gasteiger partial charge on any atom is 0.285 e. The Bertz CT molecular complexity index is 1330. The zero-order valence-electron chi connectivity index (χ0n) is 17.6. The molecule has 0 fully saturated rings. The lowest BCUT2D eigenvalue weighted by Gasteiger charge is -2.14. The quantitative estimate of drug-likeness (QED) is 0.202. The molecule has 34 heavy (non-hydrogen) atoms. The molecule has 0 amide bonds. The Balaban J connectivity index is 1.40. The molecule has 0 saturated heterocycles. The summed E-state index contributed by atoms with van der Waals surface area (Å²) in [6, 6.07) is 13.0. The summed E-state index contributed by atoms with van der Waals surface area (Å²) in [7, 11) is -4.89. The standard InChI is InChI=1S/C21H19FN5O6P/c22-19-5-1-3-15(25-19)12-31-20-7-6-14(11-24-20)9-16-10-18(33-26-16)17-4-2-8-27(21(17)23)13-32-34(28,29)30/h1-8,10-11,23H,9,12-13H2,(H2,28,29,30). The molecule has 4 heterocycles. The van der Waals surface area contributed by atoms with Gasteiger partial charge in [0.15, 0.2) is 12.5 Å². The number of nitrogen functional groups attached to an aromatic ring is 1. The number of hydrogen-bond donors (Lipinski definition) is 2. The van der Waals surface area contributed by atoms with E-state index in [2.05, 4.69) is 19.6 Å². The van der Waals surface area contributed by atoms with E-state index >= 15 is 0 Å². The first kappa shape index (κ1) is 23.5. The molecular formula is C21H19FN5O6P. The number of phosphoric ester groups is 1. The molecule has 176 valence electrons. The molecule has 13 heteroatoms. The zero-order chi connectivity index (χ0) is 24.1. The molecule has 0 radical (unpaired) electrons. The smallest absolute Gasteiger partial charge is 0.285 e. The molecule has 4 aromatic rings. The number of halogens is 1. The lowest BCUT2D eigenvalue weighted by atomic mass is 10.1. The number of aromatic nitrogens is 4. The summed E-state index contributed by atoms with van der Waals surface area (Å²) in [5.74, 6) is 0.321. The fraction of sp³-hybridized carbons (Fsp3) is 0.143. The van der Waals surface area contributed by atoms with Crippen molar-refractivity contribution in [1.29, 1.82) is 0 Å². The van der Waals surface area contributed by atoms with Crippen LogP contribution in [0.4, 0.5) is 10.2 Å². The first-order chi connectivity index (χ1) is 16.3. The molecule has 0 aliphatic carbocycles. The van der Waals surface area contributed by atoms with Gasteiger partial charge in [-0.25, -0.2) is 14.5 Å². The Kier molecular flexibility index (Phi) is 6.94. The average Bonchev–Trinajstić information content (AvgIpc) is 3.25. The lowest BCUT2D eigenvalue weighted by molar-refractivity contribution is -0.712. The van der Waals surface area contributed by atoms with E-state index in [0.29, 0.717) is 35.0 Å². The molecule has 0 aliphatic rings. The predicted octanol–water partition coefficient (Wildman–Crippen LogP) is 1.74. The minimum Gasteiger partial charge on any atom is -0.756 e. The maximum absolute atomic E-state index is 13.1. The van der Waals surface area contributed by atoms with Crippen LogP contribution in [0.15, 0.2) is 65.4 Å². The van der Waals surface area contributed by atoms with Crippen molar-refractivity contribution in [2.45, 2.75) is 19.8 Å². The van der Waals surface area contributed by atoms with Crippen LogP contribution >= 0.6 is 7.82 Å². The third-order valence-corrected chi connectivity index (χ3v) is 5.06. The normalized spacial score (nSPS) is 12.9. The Labute approximate surface area is 192 Å². The molecule has 0 bridgehead atoms. The lowest BCUT2D eigenvalue weighted by Crippen LogP contribution is -2.38. The second-order valence-electron chi connectivity index (χ2n) is 7.11. The molecule has 3 N–H and O–H groups in total. The van der Waals surface area contributed by atoms with Gasteiger partial charge < -0.3 is 19.0 Å². The van der Waals surface area contributed by atoms with Gasteiger partial charge in [0.2, 0.25) is 11.8 Å². The van der Waals surface area contributed by atoms with Crippen LogP contribution < -0.4 is 19.9 Å². The van der Waals surface area contributed by atoms with Crippen LogP contribution in [0.5, 0.6) is 5.88 Å². The van der Waals surface area contributed by atoms with Gasteiger partial charge in [-0.2, -0.15) is 4.39 Å². The van der Waals surface area contributed by atoms with Gasteiger partial charge in [-0.15, -0.1) is 0 Å². The number of nitrogens with zero attached hydrogens (tertiary/aromatic N) is 4. The van der Waals surface area contributed by atoms with E-state index in [-0.39, 0.29) is 12.4 Å². The Hall–Kier alpha value is -3.70. The molecule has 1 unspecified atom stereocenters. The van der Waals surface area contributed by atoms with Gasteiger partial charge in [0.05, 0.1) is 17.6 Å². The summed E-state index contributed by atoms with van der Waals surface area (Å²) < 4.78 is 40.6. The Morgan fingerprint density at radius 1 is 1.21 bits per heavy atom. The third kappa shape index (κ3) is 6.21. The van der Waals surface area contributed by atoms with Gasteiger partial charge in [-0.3, -0.25) is 14.8 Å². The number of ether oxygens (including phenoxy) is 1. The summed E-state index contributed by atoms with van der Waals surface area (Å²) in [6.45, 7) is -0.404. The average molecular weight is 487 g/mol. The first-order valence-electron chi connectivity index (χ1n) is 9.88. The largest absolute Gasteiger partial charge is 0.756 e. The number of nitrogens with two attached hydrogens (primary N) is 1. The monoisotopic (exact) mass is 487 g/mol. The molecule has 4 rings (SSSR count). The second-order valence-corrected chi connectivity index (χ2v) is 8.30. The summed E-state index contributed by atoms with van der Waals surface area (Å²) >= 11 is 0. The van der Waals surface area contributed by atoms with Crippen molar-refractivity contribution in [2.75, 3.05) is 5.73 Å². The molecular weight excluding hydrogens is 468 g/mol. The van der Waals surface area contributed by atoms with Crippen LogP contribution in [0.1, 0.15) is 17.0 Å². The van der Waals surface area contributed by atoms with Gasteiger partial charge in [-0.1, -0.05) is 17.3 Å². The minimum absolute atomic E-state index is 0.0883. The van der Waals surface area contributed by atoms with Gasteiger partial charge in [0.25, 0.3) is 13.6 Å². The van der Waals surface area contributed by atoms with Gasteiger partial charge in [0, 0.05) is 24.8 Å². The van der Waals surface area contributed by atoms with Crippen molar-refractivity contribution in [2.24, 2.45) is 0 Å². The van der Waals surface area contributed by atoms with E-state index in [1.807, 2.05) is 6.07 Å². The molecule has 0 aromatic carbocycles. The van der Waals surface area contributed by atoms with Crippen LogP contribution in [0, 0.1) is 5.95 Å². The second kappa shape index (κ2) is 10.1. The molecule has 0 spiro atoms. The van der Waals surface area contributed by atoms with Crippen molar-refractivity contribution >= 4 is 13.6 Å². The zero-order valence-corrected chi connectivity index (χ0v) is 18.5. The van der Waals surface area contributed by atoms with Crippen LogP contribution in [0.2, 0.25) is 0 Å². The number of phosphoric acid groups is 1. The van der Waals surface area contributed by atoms with Crippen LogP contribution in [0.25, 0.3) is 11.3 Å². The van der Waals surface area contributed by atoms with E-state index in [9.17, 15) is 13.8 Å². The highest BCUT2D eigenvalue weighted by Gasteiger charge is 2.18. The fourth-order valence-corrected chi connectivity index (χ4v) is 3.30. The summed E-state index contributed by atoms with van der Waals surface area (Å²) in [4.78, 5) is 27.6. The molecule has 0 aliphatic heterocycles. The van der Waals surface area contributed by atoms with Crippen molar-refractivity contribution in [1.82, 2.24) is 15.1 Å². The number of pyridine rings is 3. The van der Waals surface area contributed by atoms with E-state index in [0.717, 1.165) is 5.56 Å². The highest BCUT2D eigenvalue weighted by molar-refractivity contribution is 7.44. The fourth-order valence-electron chi connectivity index (χ4n) is 3.03. The number of rotatable bonds is 9. The SMILES string of the molecule is Nc1c(-c2cc(Cc3ccc(OCc4cccc(F)n4)nc3)no2)ccc[n+]1COP(=O)([O-])O. The topological polar surface area (TPSA) is 161 Å². The first-order valence-corrected chi connectivity index (χ1v) is 11.4. The minimum atomic E-state index is -4.89. The van der Waals surface area contributed by atoms with Crippen molar-refractivity contribution in [3.8, 4) is 17.2 Å². The molecule has 0 saturated carbocycles. The third-order valence-electron chi connectivity index (χ3n) is 4.62. The number of anilines is 1. The summed E-state index contributed by atoms with van der Waals surface area (Å²) in [6.07, 6.45) is 3.54. The van der Waals surface area contributed by atoms with Crippen molar-refractivity contribution in [3.05, 3.63) is 83.8 Å². The van der Waals surface area contributed by atoms with Gasteiger partial charge in [0.1, 0.15) is 12.2 Å². The van der Waals surface area contributed by atoms with Crippen LogP contribution in [0.3, 0.4) is 0 Å². The highest BCUT2D eigenvalue weighted by atomic mass is 31.2. The summed E-state index contributed by atoms with van der Waals surface area (Å²) in [5.41, 5.74) is 8.45. The summed E-state index contributed by atoms with van der Waals surface area (Å²) in [5, 5.41) is 4.04. The predicted molar refractivity (Wildman–Crippen MR) is 113 cm³/mol. The van der Waals surface area contributed by atoms with Gasteiger partial charge >= 0.3 is 0 Å². The molecule has 11 nitrogen and oxygen atoms in total. The van der Waals surface area contributed by atoms with E-state index in [1.165, 1.54) is 16.8 Å². The maximum atomic E-state index is 13.1. The highest BCUT2D eigenvalue weighted by Crippen LogP contribution is 2.30. The van der Waals surface area contributed by atoms with E-state index in [1.54, 1.807) is 42.6 Å². The van der Waals surface area contributed by atoms with Gasteiger partial charge in [-0.05, 0) is 29.8 Å². The molecule has 1 atom stereocenters. The van der Waals surface area contributed by atoms with Crippen LogP contribution in [-0.4, -0.2) is 20.0 Å². The Morgan fingerprint density at radius 3 is 2.79 bits per heavy atom. The van der Waals surface area contributed by atoms with E-state index < -0.39 is 20.5 Å². The number of hydrogen-bond acceptors (Lipinski definition) is 9. The Morgan fingerprint density at radius 2 is 2.06 bits per heavy atom.